The molecule has 0 radical (unpaired) electrons. The molecule has 0 unspecified atom stereocenters. The van der Waals surface area contributed by atoms with Crippen molar-refractivity contribution in [3.05, 3.63) is 46.2 Å². The Bertz CT molecular complexity index is 573. The first kappa shape index (κ1) is 13.8. The molecule has 1 aromatic carbocycles. The lowest BCUT2D eigenvalue weighted by Crippen LogP contribution is -2.11. The topological polar surface area (TPSA) is 44.1 Å². The molecule has 0 bridgehead atoms. The second-order valence-corrected chi connectivity index (χ2v) is 5.16. The van der Waals surface area contributed by atoms with Crippen LogP contribution in [0.25, 0.3) is 0 Å². The maximum absolute atomic E-state index is 12.0. The number of ether oxygens (including phenoxy) is 1. The number of Topliss-reactive ketones (excluding diaryl/α,β-unsaturated/α-hetero) is 1. The Kier molecular flexibility index (Phi) is 4.37. The lowest BCUT2D eigenvalue weighted by Gasteiger charge is -2.07. The number of hydrogen-bond donors (Lipinski definition) is 0. The molecule has 100 valence electrons. The van der Waals surface area contributed by atoms with E-state index < -0.39 is 0 Å². The fraction of sp³-hybridized carbons (Fsp3) is 0.286. The van der Waals surface area contributed by atoms with Crippen LogP contribution >= 0.6 is 15.9 Å². The predicted octanol–water partition coefficient (Wildman–Crippen LogP) is 3.14. The zero-order chi connectivity index (χ0) is 13.8. The maximum Gasteiger partial charge on any atom is 0.185 e. The third-order valence-electron chi connectivity index (χ3n) is 2.75. The summed E-state index contributed by atoms with van der Waals surface area (Å²) < 4.78 is 7.86. The highest BCUT2D eigenvalue weighted by Crippen LogP contribution is 2.17. The second kappa shape index (κ2) is 6.02. The van der Waals surface area contributed by atoms with E-state index in [0.717, 1.165) is 15.8 Å². The van der Waals surface area contributed by atoms with Crippen LogP contribution < -0.4 is 4.74 Å². The first-order valence-corrected chi connectivity index (χ1v) is 6.77. The zero-order valence-corrected chi connectivity index (χ0v) is 12.5. The van der Waals surface area contributed by atoms with Gasteiger partial charge in [0.15, 0.2) is 5.78 Å². The summed E-state index contributed by atoms with van der Waals surface area (Å²) in [5.74, 6) is 0.802. The van der Waals surface area contributed by atoms with Crippen molar-refractivity contribution in [2.75, 3.05) is 6.61 Å². The van der Waals surface area contributed by atoms with Gasteiger partial charge < -0.3 is 4.74 Å². The molecule has 2 aromatic rings. The van der Waals surface area contributed by atoms with E-state index in [1.54, 1.807) is 17.9 Å². The number of aromatic nitrogens is 2. The highest BCUT2D eigenvalue weighted by atomic mass is 79.9. The molecule has 0 spiro atoms. The SMILES string of the molecule is Cc1cccc(OCCC(=O)c2c(Br)cnn2C)c1. The maximum atomic E-state index is 12.0. The van der Waals surface area contributed by atoms with Crippen LogP contribution in [0, 0.1) is 6.92 Å². The summed E-state index contributed by atoms with van der Waals surface area (Å²) in [5.41, 5.74) is 1.71. The van der Waals surface area contributed by atoms with E-state index in [2.05, 4.69) is 21.0 Å². The highest BCUT2D eigenvalue weighted by molar-refractivity contribution is 9.10. The van der Waals surface area contributed by atoms with Crippen molar-refractivity contribution in [3.8, 4) is 5.75 Å². The Morgan fingerprint density at radius 1 is 1.47 bits per heavy atom. The number of carbonyl (C=O) groups is 1. The molecule has 0 atom stereocenters. The van der Waals surface area contributed by atoms with Crippen molar-refractivity contribution >= 4 is 21.7 Å². The summed E-state index contributed by atoms with van der Waals surface area (Å²) in [6.07, 6.45) is 1.95. The quantitative estimate of drug-likeness (QED) is 0.794. The first-order chi connectivity index (χ1) is 9.08. The number of hydrogen-bond acceptors (Lipinski definition) is 3. The molecule has 19 heavy (non-hydrogen) atoms. The van der Waals surface area contributed by atoms with Crippen molar-refractivity contribution < 1.29 is 9.53 Å². The van der Waals surface area contributed by atoms with Crippen LogP contribution in [0.2, 0.25) is 0 Å². The van der Waals surface area contributed by atoms with Gasteiger partial charge in [-0.2, -0.15) is 5.10 Å². The monoisotopic (exact) mass is 322 g/mol. The molecule has 0 amide bonds. The molecule has 4 nitrogen and oxygen atoms in total. The predicted molar refractivity (Wildman–Crippen MR) is 76.5 cm³/mol. The van der Waals surface area contributed by atoms with E-state index in [0.29, 0.717) is 18.7 Å². The normalized spacial score (nSPS) is 10.5. The molecule has 0 fully saturated rings. The molecule has 0 saturated carbocycles. The molecule has 1 aromatic heterocycles. The van der Waals surface area contributed by atoms with Crippen molar-refractivity contribution in [1.29, 1.82) is 0 Å². The molecule has 5 heteroatoms. The molecule has 0 N–H and O–H groups in total. The van der Waals surface area contributed by atoms with Gasteiger partial charge in [-0.15, -0.1) is 0 Å². The minimum absolute atomic E-state index is 0.0135. The number of aryl methyl sites for hydroxylation is 2. The summed E-state index contributed by atoms with van der Waals surface area (Å²) >= 11 is 3.32. The van der Waals surface area contributed by atoms with Gasteiger partial charge in [0.05, 0.1) is 17.3 Å². The third kappa shape index (κ3) is 3.44. The second-order valence-electron chi connectivity index (χ2n) is 4.30. The van der Waals surface area contributed by atoms with Gasteiger partial charge in [0.25, 0.3) is 0 Å². The number of ketones is 1. The largest absolute Gasteiger partial charge is 0.493 e. The van der Waals surface area contributed by atoms with Gasteiger partial charge in [0.2, 0.25) is 0 Å². The number of benzene rings is 1. The molecular formula is C14H15BrN2O2. The van der Waals surface area contributed by atoms with Crippen LogP contribution in [0.4, 0.5) is 0 Å². The Morgan fingerprint density at radius 2 is 2.26 bits per heavy atom. The number of rotatable bonds is 5. The van der Waals surface area contributed by atoms with Crippen LogP contribution in [-0.2, 0) is 7.05 Å². The standard InChI is InChI=1S/C14H15BrN2O2/c1-10-4-3-5-11(8-10)19-7-6-13(18)14-12(15)9-16-17(14)2/h3-5,8-9H,6-7H2,1-2H3. The number of nitrogens with zero attached hydrogens (tertiary/aromatic N) is 2. The van der Waals surface area contributed by atoms with Gasteiger partial charge in [-0.1, -0.05) is 12.1 Å². The van der Waals surface area contributed by atoms with E-state index >= 15 is 0 Å². The van der Waals surface area contributed by atoms with Crippen LogP contribution in [0.5, 0.6) is 5.75 Å². The number of halogens is 1. The van der Waals surface area contributed by atoms with Crippen LogP contribution in [-0.4, -0.2) is 22.2 Å². The minimum atomic E-state index is 0.0135. The average Bonchev–Trinajstić information content (AvgIpc) is 2.69. The summed E-state index contributed by atoms with van der Waals surface area (Å²) in [6.45, 7) is 2.37. The lowest BCUT2D eigenvalue weighted by molar-refractivity contribution is 0.0952. The van der Waals surface area contributed by atoms with Gasteiger partial charge in [-0.05, 0) is 40.5 Å². The van der Waals surface area contributed by atoms with Gasteiger partial charge >= 0.3 is 0 Å². The summed E-state index contributed by atoms with van der Waals surface area (Å²) in [6, 6.07) is 7.77. The van der Waals surface area contributed by atoms with Crippen molar-refractivity contribution in [1.82, 2.24) is 9.78 Å². The van der Waals surface area contributed by atoms with Crippen LogP contribution in [0.3, 0.4) is 0 Å². The summed E-state index contributed by atoms with van der Waals surface area (Å²) in [4.78, 5) is 12.0. The van der Waals surface area contributed by atoms with E-state index in [4.69, 9.17) is 4.74 Å². The molecule has 0 aliphatic carbocycles. The smallest absolute Gasteiger partial charge is 0.185 e. The van der Waals surface area contributed by atoms with Gasteiger partial charge in [0, 0.05) is 13.5 Å². The van der Waals surface area contributed by atoms with Crippen LogP contribution in [0.15, 0.2) is 34.9 Å². The highest BCUT2D eigenvalue weighted by Gasteiger charge is 2.14. The van der Waals surface area contributed by atoms with Gasteiger partial charge in [-0.25, -0.2) is 0 Å². The van der Waals surface area contributed by atoms with Crippen LogP contribution in [0.1, 0.15) is 22.5 Å². The van der Waals surface area contributed by atoms with E-state index in [-0.39, 0.29) is 5.78 Å². The Morgan fingerprint density at radius 3 is 2.89 bits per heavy atom. The Hall–Kier alpha value is -1.62. The zero-order valence-electron chi connectivity index (χ0n) is 10.9. The minimum Gasteiger partial charge on any atom is -0.493 e. The fourth-order valence-electron chi connectivity index (χ4n) is 1.81. The molecule has 1 heterocycles. The molecule has 2 rings (SSSR count). The lowest BCUT2D eigenvalue weighted by atomic mass is 10.2. The molecular weight excluding hydrogens is 308 g/mol. The molecule has 0 aliphatic heterocycles. The fourth-order valence-corrected chi connectivity index (χ4v) is 2.38. The summed E-state index contributed by atoms with van der Waals surface area (Å²) in [5, 5.41) is 4.02. The van der Waals surface area contributed by atoms with Crippen molar-refractivity contribution in [3.63, 3.8) is 0 Å². The summed E-state index contributed by atoms with van der Waals surface area (Å²) in [7, 11) is 1.75. The van der Waals surface area contributed by atoms with E-state index in [1.165, 1.54) is 0 Å². The Balaban J connectivity index is 1.91. The Labute approximate surface area is 120 Å². The number of carbonyl (C=O) groups excluding carboxylic acids is 1. The van der Waals surface area contributed by atoms with Crippen molar-refractivity contribution in [2.45, 2.75) is 13.3 Å². The van der Waals surface area contributed by atoms with Gasteiger partial charge in [0.1, 0.15) is 11.4 Å². The van der Waals surface area contributed by atoms with E-state index in [1.807, 2.05) is 31.2 Å². The first-order valence-electron chi connectivity index (χ1n) is 5.98. The van der Waals surface area contributed by atoms with Crippen molar-refractivity contribution in [2.24, 2.45) is 7.05 Å². The molecule has 0 saturated heterocycles. The average molecular weight is 323 g/mol. The third-order valence-corrected chi connectivity index (χ3v) is 3.33. The van der Waals surface area contributed by atoms with E-state index in [9.17, 15) is 4.79 Å². The van der Waals surface area contributed by atoms with Gasteiger partial charge in [-0.3, -0.25) is 9.48 Å². The molecule has 0 aliphatic rings.